The van der Waals surface area contributed by atoms with Gasteiger partial charge in [0.1, 0.15) is 0 Å². The molecule has 0 bridgehead atoms. The fourth-order valence-corrected chi connectivity index (χ4v) is 7.63. The molecule has 0 saturated heterocycles. The lowest BCUT2D eigenvalue weighted by molar-refractivity contribution is 1.12. The number of para-hydroxylation sites is 2. The highest BCUT2D eigenvalue weighted by molar-refractivity contribution is 6.19. The average Bonchev–Trinajstić information content (AvgIpc) is 3.82. The maximum Gasteiger partial charge on any atom is 0.0788 e. The maximum atomic E-state index is 4.34. The van der Waals surface area contributed by atoms with Gasteiger partial charge in [0.25, 0.3) is 0 Å². The highest BCUT2D eigenvalue weighted by Crippen LogP contribution is 2.42. The van der Waals surface area contributed by atoms with Crippen LogP contribution in [0.3, 0.4) is 0 Å². The highest BCUT2D eigenvalue weighted by atomic mass is 15.1. The lowest BCUT2D eigenvalue weighted by Crippen LogP contribution is -2.10. The molecule has 0 saturated carbocycles. The third-order valence-electron chi connectivity index (χ3n) is 10.1. The van der Waals surface area contributed by atoms with Crippen molar-refractivity contribution in [2.45, 2.75) is 0 Å². The van der Waals surface area contributed by atoms with Crippen molar-refractivity contribution in [2.75, 3.05) is 4.90 Å². The molecule has 0 amide bonds. The van der Waals surface area contributed by atoms with Gasteiger partial charge in [-0.05, 0) is 113 Å². The first-order valence-electron chi connectivity index (χ1n) is 17.8. The van der Waals surface area contributed by atoms with Crippen LogP contribution in [0.2, 0.25) is 0 Å². The molecular weight excluding hydrogens is 647 g/mol. The van der Waals surface area contributed by atoms with E-state index in [0.717, 1.165) is 56.2 Å². The first-order valence-corrected chi connectivity index (χ1v) is 17.8. The molecule has 0 aliphatic carbocycles. The largest absolute Gasteiger partial charge is 0.315 e. The molecule has 10 aromatic rings. The number of hydrogen-bond acceptors (Lipinski definition) is 3. The van der Waals surface area contributed by atoms with Crippen molar-refractivity contribution >= 4 is 49.8 Å². The molecule has 4 aromatic heterocycles. The molecule has 0 atom stereocenters. The number of aromatic nitrogens is 4. The first kappa shape index (κ1) is 30.6. The summed E-state index contributed by atoms with van der Waals surface area (Å²) in [7, 11) is 0. The van der Waals surface area contributed by atoms with Crippen molar-refractivity contribution in [2.24, 2.45) is 0 Å². The molecule has 0 aliphatic rings. The first-order chi connectivity index (χ1) is 26.3. The molecule has 0 aliphatic heterocycles. The Balaban J connectivity index is 1.19. The fraction of sp³-hybridized carbons (Fsp3) is 0. The van der Waals surface area contributed by atoms with Crippen LogP contribution in [-0.4, -0.2) is 19.1 Å². The van der Waals surface area contributed by atoms with Crippen LogP contribution in [0.15, 0.2) is 201 Å². The minimum atomic E-state index is 1.07. The van der Waals surface area contributed by atoms with Gasteiger partial charge in [-0.3, -0.25) is 9.97 Å². The Kier molecular flexibility index (Phi) is 7.40. The lowest BCUT2D eigenvalue weighted by Gasteiger charge is -2.26. The predicted molar refractivity (Wildman–Crippen MR) is 219 cm³/mol. The molecule has 0 unspecified atom stereocenters. The van der Waals surface area contributed by atoms with E-state index in [0.29, 0.717) is 0 Å². The average molecular weight is 680 g/mol. The highest BCUT2D eigenvalue weighted by Gasteiger charge is 2.21. The van der Waals surface area contributed by atoms with Crippen LogP contribution in [-0.2, 0) is 0 Å². The number of anilines is 3. The van der Waals surface area contributed by atoms with Gasteiger partial charge in [0, 0.05) is 75.6 Å². The zero-order chi connectivity index (χ0) is 35.1. The van der Waals surface area contributed by atoms with Gasteiger partial charge in [-0.25, -0.2) is 0 Å². The number of nitrogens with zero attached hydrogens (tertiary/aromatic N) is 5. The van der Waals surface area contributed by atoms with Crippen molar-refractivity contribution in [1.82, 2.24) is 19.1 Å². The normalized spacial score (nSPS) is 11.4. The number of fused-ring (bicyclic) bond motifs is 5. The van der Waals surface area contributed by atoms with E-state index in [1.165, 1.54) is 27.2 Å². The predicted octanol–water partition coefficient (Wildman–Crippen LogP) is 12.3. The summed E-state index contributed by atoms with van der Waals surface area (Å²) in [4.78, 5) is 10.9. The van der Waals surface area contributed by atoms with Crippen LogP contribution < -0.4 is 4.90 Å². The number of pyridine rings is 2. The molecule has 4 heterocycles. The van der Waals surface area contributed by atoms with Crippen molar-refractivity contribution in [3.05, 3.63) is 201 Å². The monoisotopic (exact) mass is 679 g/mol. The van der Waals surface area contributed by atoms with Gasteiger partial charge < -0.3 is 14.0 Å². The molecule has 0 spiro atoms. The van der Waals surface area contributed by atoms with Crippen LogP contribution >= 0.6 is 0 Å². The summed E-state index contributed by atoms with van der Waals surface area (Å²) in [5.41, 5.74) is 13.5. The van der Waals surface area contributed by atoms with Gasteiger partial charge in [-0.15, -0.1) is 0 Å². The Morgan fingerprint density at radius 1 is 0.415 bits per heavy atom. The second kappa shape index (κ2) is 12.8. The Morgan fingerprint density at radius 2 is 1.06 bits per heavy atom. The quantitative estimate of drug-likeness (QED) is 0.168. The van der Waals surface area contributed by atoms with Gasteiger partial charge in [0.2, 0.25) is 0 Å². The maximum absolute atomic E-state index is 4.34. The third kappa shape index (κ3) is 5.34. The molecule has 5 heteroatoms. The van der Waals surface area contributed by atoms with E-state index in [1.54, 1.807) is 0 Å². The van der Waals surface area contributed by atoms with Crippen LogP contribution in [0.1, 0.15) is 0 Å². The molecule has 0 fully saturated rings. The van der Waals surface area contributed by atoms with E-state index in [-0.39, 0.29) is 0 Å². The third-order valence-corrected chi connectivity index (χ3v) is 10.1. The van der Waals surface area contributed by atoms with Crippen molar-refractivity contribution in [3.63, 3.8) is 0 Å². The van der Waals surface area contributed by atoms with Crippen LogP contribution in [0.4, 0.5) is 17.1 Å². The van der Waals surface area contributed by atoms with E-state index >= 15 is 0 Å². The summed E-state index contributed by atoms with van der Waals surface area (Å²) in [5, 5.41) is 3.59. The number of hydrogen-bond donors (Lipinski definition) is 0. The van der Waals surface area contributed by atoms with E-state index in [1.807, 2.05) is 43.0 Å². The molecule has 53 heavy (non-hydrogen) atoms. The molecule has 5 nitrogen and oxygen atoms in total. The molecule has 0 radical (unpaired) electrons. The second-order valence-corrected chi connectivity index (χ2v) is 13.2. The molecular formula is C48H33N5. The Hall–Kier alpha value is -7.24. The fourth-order valence-electron chi connectivity index (χ4n) is 7.63. The van der Waals surface area contributed by atoms with E-state index < -0.39 is 0 Å². The van der Waals surface area contributed by atoms with E-state index in [4.69, 9.17) is 0 Å². The zero-order valence-corrected chi connectivity index (χ0v) is 28.8. The van der Waals surface area contributed by atoms with Gasteiger partial charge in [0.15, 0.2) is 0 Å². The van der Waals surface area contributed by atoms with Crippen LogP contribution in [0.5, 0.6) is 0 Å². The minimum Gasteiger partial charge on any atom is -0.315 e. The molecule has 10 rings (SSSR count). The minimum absolute atomic E-state index is 1.07. The van der Waals surface area contributed by atoms with Gasteiger partial charge >= 0.3 is 0 Å². The lowest BCUT2D eigenvalue weighted by atomic mass is 10.0. The summed E-state index contributed by atoms with van der Waals surface area (Å²) in [6.07, 6.45) is 9.58. The van der Waals surface area contributed by atoms with Gasteiger partial charge in [0.05, 0.1) is 16.6 Å². The van der Waals surface area contributed by atoms with Crippen molar-refractivity contribution < 1.29 is 0 Å². The Bertz CT molecular complexity index is 2760. The molecule has 0 N–H and O–H groups in total. The Morgan fingerprint density at radius 3 is 1.74 bits per heavy atom. The van der Waals surface area contributed by atoms with Crippen LogP contribution in [0, 0.1) is 0 Å². The van der Waals surface area contributed by atoms with E-state index in [9.17, 15) is 0 Å². The SMILES string of the molecule is c1ccc(-n2ccc3ccc4c5cc(N(c6ccc(-c7ccncc7)cc6)c6ccc(-c7cccnc7)cc6)ccc5n(-c5ccccc5)c4c32)cc1. The van der Waals surface area contributed by atoms with E-state index in [2.05, 4.69) is 182 Å². The topological polar surface area (TPSA) is 38.9 Å². The smallest absolute Gasteiger partial charge is 0.0788 e. The summed E-state index contributed by atoms with van der Waals surface area (Å²) in [6, 6.07) is 60.7. The molecule has 6 aromatic carbocycles. The standard InChI is InChI=1S/C48H33N5/c1-3-9-39(10-4-1)51-31-27-37-17-23-44-45-32-43(22-24-46(45)53(48(44)47(37)51)40-11-5-2-6-12-40)52(41-18-13-34(14-19-41)36-25-29-49-30-26-36)42-20-15-35(16-21-42)38-8-7-28-50-33-38/h1-33H. The van der Waals surface area contributed by atoms with Gasteiger partial charge in [-0.2, -0.15) is 0 Å². The van der Waals surface area contributed by atoms with Crippen molar-refractivity contribution in [1.29, 1.82) is 0 Å². The number of benzene rings is 6. The summed E-state index contributed by atoms with van der Waals surface area (Å²) in [6.45, 7) is 0. The zero-order valence-electron chi connectivity index (χ0n) is 28.8. The molecule has 250 valence electrons. The summed E-state index contributed by atoms with van der Waals surface area (Å²) < 4.78 is 4.74. The number of rotatable bonds is 7. The summed E-state index contributed by atoms with van der Waals surface area (Å²) in [5.74, 6) is 0. The van der Waals surface area contributed by atoms with Crippen LogP contribution in [0.25, 0.3) is 66.3 Å². The van der Waals surface area contributed by atoms with Gasteiger partial charge in [-0.1, -0.05) is 78.9 Å². The van der Waals surface area contributed by atoms with Crippen molar-refractivity contribution in [3.8, 4) is 33.6 Å². The Labute approximate surface area is 307 Å². The summed E-state index contributed by atoms with van der Waals surface area (Å²) >= 11 is 0. The second-order valence-electron chi connectivity index (χ2n) is 13.2.